The molecular weight excluding hydrogens is 313 g/mol. The maximum Gasteiger partial charge on any atom is 0.338 e. The van der Waals surface area contributed by atoms with E-state index in [1.54, 1.807) is 0 Å². The molecule has 0 saturated carbocycles. The molecule has 22 heavy (non-hydrogen) atoms. The van der Waals surface area contributed by atoms with E-state index in [4.69, 9.17) is 0 Å². The van der Waals surface area contributed by atoms with Crippen LogP contribution in [0.4, 0.5) is 22.0 Å². The summed E-state index contributed by atoms with van der Waals surface area (Å²) in [4.78, 5) is 11.5. The number of carbonyl (C=O) groups is 1. The van der Waals surface area contributed by atoms with Crippen LogP contribution in [-0.2, 0) is 11.3 Å². The molecule has 1 heterocycles. The first-order chi connectivity index (χ1) is 10.3. The van der Waals surface area contributed by atoms with Gasteiger partial charge in [0.15, 0.2) is 35.7 Å². The molecule has 0 bridgehead atoms. The molecular formula is C13H6F5NO3. The van der Waals surface area contributed by atoms with Crippen LogP contribution < -0.4 is 4.73 Å². The maximum atomic E-state index is 13.4. The van der Waals surface area contributed by atoms with Crippen molar-refractivity contribution in [3.05, 3.63) is 69.9 Å². The highest BCUT2D eigenvalue weighted by atomic mass is 19.2. The number of rotatable bonds is 3. The Morgan fingerprint density at radius 3 is 1.91 bits per heavy atom. The zero-order chi connectivity index (χ0) is 16.4. The van der Waals surface area contributed by atoms with E-state index in [0.29, 0.717) is 4.73 Å². The summed E-state index contributed by atoms with van der Waals surface area (Å²) in [6.45, 7) is -1.16. The quantitative estimate of drug-likeness (QED) is 0.218. The molecule has 0 amide bonds. The molecule has 0 fully saturated rings. The second-order valence-electron chi connectivity index (χ2n) is 4.07. The van der Waals surface area contributed by atoms with Gasteiger partial charge in [-0.1, -0.05) is 0 Å². The van der Waals surface area contributed by atoms with Crippen molar-refractivity contribution in [2.75, 3.05) is 0 Å². The van der Waals surface area contributed by atoms with E-state index in [-0.39, 0.29) is 5.56 Å². The second kappa shape index (κ2) is 5.96. The highest BCUT2D eigenvalue weighted by Crippen LogP contribution is 2.23. The summed E-state index contributed by atoms with van der Waals surface area (Å²) < 4.78 is 70.3. The molecule has 2 rings (SSSR count). The number of aromatic nitrogens is 1. The SMILES string of the molecule is O=C(OCc1c(F)c(F)c(F)c(F)c1F)c1cc[n+]([O-])cc1. The number of pyridine rings is 1. The number of carbonyl (C=O) groups excluding carboxylic acids is 1. The van der Waals surface area contributed by atoms with E-state index in [2.05, 4.69) is 4.74 Å². The van der Waals surface area contributed by atoms with Gasteiger partial charge >= 0.3 is 5.97 Å². The van der Waals surface area contributed by atoms with E-state index in [1.807, 2.05) is 0 Å². The molecule has 0 aliphatic carbocycles. The smallest absolute Gasteiger partial charge is 0.338 e. The van der Waals surface area contributed by atoms with Crippen molar-refractivity contribution in [2.24, 2.45) is 0 Å². The van der Waals surface area contributed by atoms with Crippen LogP contribution >= 0.6 is 0 Å². The molecule has 0 radical (unpaired) electrons. The van der Waals surface area contributed by atoms with Gasteiger partial charge in [-0.15, -0.1) is 0 Å². The standard InChI is InChI=1S/C13H6F5NO3/c14-8-7(9(15)11(17)12(18)10(8)16)5-22-13(20)6-1-3-19(21)4-2-6/h1-4H,5H2. The van der Waals surface area contributed by atoms with Crippen molar-refractivity contribution < 1.29 is 36.2 Å². The summed E-state index contributed by atoms with van der Waals surface area (Å²) in [5.41, 5.74) is -1.39. The average Bonchev–Trinajstić information content (AvgIpc) is 2.51. The van der Waals surface area contributed by atoms with Gasteiger partial charge in [0, 0.05) is 12.1 Å². The molecule has 0 aliphatic rings. The largest absolute Gasteiger partial charge is 0.619 e. The number of nitrogens with zero attached hydrogens (tertiary/aromatic N) is 1. The normalized spacial score (nSPS) is 10.6. The zero-order valence-corrected chi connectivity index (χ0v) is 10.6. The molecule has 1 aromatic heterocycles. The fraction of sp³-hybridized carbons (Fsp3) is 0.0769. The lowest BCUT2D eigenvalue weighted by Gasteiger charge is -2.09. The Bertz CT molecular complexity index is 704. The Hall–Kier alpha value is -2.71. The van der Waals surface area contributed by atoms with Gasteiger partial charge in [0.25, 0.3) is 0 Å². The summed E-state index contributed by atoms with van der Waals surface area (Å²) in [5.74, 6) is -11.8. The monoisotopic (exact) mass is 319 g/mol. The molecule has 0 spiro atoms. The van der Waals surface area contributed by atoms with Gasteiger partial charge in [0.2, 0.25) is 5.82 Å². The molecule has 0 atom stereocenters. The number of ether oxygens (including phenoxy) is 1. The van der Waals surface area contributed by atoms with Crippen LogP contribution in [0.3, 0.4) is 0 Å². The van der Waals surface area contributed by atoms with Gasteiger partial charge in [-0.25, -0.2) is 26.7 Å². The lowest BCUT2D eigenvalue weighted by Crippen LogP contribution is -2.24. The highest BCUT2D eigenvalue weighted by Gasteiger charge is 2.26. The Kier molecular flexibility index (Phi) is 4.25. The van der Waals surface area contributed by atoms with E-state index in [0.717, 1.165) is 24.5 Å². The minimum atomic E-state index is -2.30. The van der Waals surface area contributed by atoms with Gasteiger partial charge in [-0.2, -0.15) is 4.73 Å². The van der Waals surface area contributed by atoms with E-state index in [9.17, 15) is 32.0 Å². The predicted octanol–water partition coefficient (Wildman–Crippen LogP) is 2.37. The lowest BCUT2D eigenvalue weighted by molar-refractivity contribution is -0.605. The third kappa shape index (κ3) is 2.83. The van der Waals surface area contributed by atoms with E-state index < -0.39 is 47.2 Å². The molecule has 0 N–H and O–H groups in total. The summed E-state index contributed by atoms with van der Waals surface area (Å²) >= 11 is 0. The molecule has 0 aliphatic heterocycles. The fourth-order valence-electron chi connectivity index (χ4n) is 1.55. The first kappa shape index (κ1) is 15.7. The van der Waals surface area contributed by atoms with Crippen molar-refractivity contribution in [1.29, 1.82) is 0 Å². The number of esters is 1. The third-order valence-electron chi connectivity index (χ3n) is 2.69. The maximum absolute atomic E-state index is 13.4. The first-order valence-corrected chi connectivity index (χ1v) is 5.69. The zero-order valence-electron chi connectivity index (χ0n) is 10.6. The van der Waals surface area contributed by atoms with Crippen molar-refractivity contribution >= 4 is 5.97 Å². The van der Waals surface area contributed by atoms with Crippen molar-refractivity contribution in [3.63, 3.8) is 0 Å². The average molecular weight is 319 g/mol. The summed E-state index contributed by atoms with van der Waals surface area (Å²) in [6.07, 6.45) is 1.93. The summed E-state index contributed by atoms with van der Waals surface area (Å²) in [5, 5.41) is 10.8. The lowest BCUT2D eigenvalue weighted by atomic mass is 10.2. The minimum absolute atomic E-state index is 0.129. The van der Waals surface area contributed by atoms with E-state index >= 15 is 0 Å². The van der Waals surface area contributed by atoms with Crippen LogP contribution in [-0.4, -0.2) is 5.97 Å². The Morgan fingerprint density at radius 2 is 1.41 bits per heavy atom. The predicted molar refractivity (Wildman–Crippen MR) is 60.8 cm³/mol. The highest BCUT2D eigenvalue weighted by molar-refractivity contribution is 5.88. The Balaban J connectivity index is 2.22. The first-order valence-electron chi connectivity index (χ1n) is 5.69. The molecule has 1 aromatic carbocycles. The topological polar surface area (TPSA) is 53.2 Å². The van der Waals surface area contributed by atoms with Crippen molar-refractivity contribution in [1.82, 2.24) is 0 Å². The van der Waals surface area contributed by atoms with Crippen LogP contribution in [0.2, 0.25) is 0 Å². The van der Waals surface area contributed by atoms with Crippen LogP contribution in [0, 0.1) is 34.3 Å². The summed E-state index contributed by atoms with van der Waals surface area (Å²) in [6, 6.07) is 2.13. The molecule has 116 valence electrons. The molecule has 0 unspecified atom stereocenters. The number of hydrogen-bond acceptors (Lipinski definition) is 3. The minimum Gasteiger partial charge on any atom is -0.619 e. The van der Waals surface area contributed by atoms with Crippen LogP contribution in [0.5, 0.6) is 0 Å². The molecule has 0 saturated heterocycles. The van der Waals surface area contributed by atoms with Gasteiger partial charge in [-0.3, -0.25) is 0 Å². The van der Waals surface area contributed by atoms with Crippen molar-refractivity contribution in [2.45, 2.75) is 6.61 Å². The van der Waals surface area contributed by atoms with Gasteiger partial charge in [0.1, 0.15) is 6.61 Å². The fourth-order valence-corrected chi connectivity index (χ4v) is 1.55. The second-order valence-corrected chi connectivity index (χ2v) is 4.07. The number of hydrogen-bond donors (Lipinski definition) is 0. The van der Waals surface area contributed by atoms with Crippen LogP contribution in [0.1, 0.15) is 15.9 Å². The number of benzene rings is 1. The van der Waals surface area contributed by atoms with Crippen LogP contribution in [0.15, 0.2) is 24.5 Å². The third-order valence-corrected chi connectivity index (χ3v) is 2.69. The van der Waals surface area contributed by atoms with Crippen LogP contribution in [0.25, 0.3) is 0 Å². The number of halogens is 5. The van der Waals surface area contributed by atoms with Crippen molar-refractivity contribution in [3.8, 4) is 0 Å². The molecule has 4 nitrogen and oxygen atoms in total. The Morgan fingerprint density at radius 1 is 0.955 bits per heavy atom. The summed E-state index contributed by atoms with van der Waals surface area (Å²) in [7, 11) is 0. The van der Waals surface area contributed by atoms with Gasteiger partial charge in [-0.05, 0) is 0 Å². The molecule has 2 aromatic rings. The van der Waals surface area contributed by atoms with Gasteiger partial charge < -0.3 is 9.94 Å². The van der Waals surface area contributed by atoms with Gasteiger partial charge in [0.05, 0.1) is 11.1 Å². The molecule has 9 heteroatoms. The Labute approximate surface area is 119 Å². The van der Waals surface area contributed by atoms with E-state index in [1.165, 1.54) is 0 Å².